The van der Waals surface area contributed by atoms with Crippen LogP contribution in [-0.2, 0) is 0 Å². The molecule has 1 aromatic heterocycles. The van der Waals surface area contributed by atoms with Crippen LogP contribution in [0.3, 0.4) is 0 Å². The van der Waals surface area contributed by atoms with Gasteiger partial charge in [0.25, 0.3) is 0 Å². The molecule has 0 aliphatic carbocycles. The lowest BCUT2D eigenvalue weighted by Gasteiger charge is -2.34. The van der Waals surface area contributed by atoms with E-state index < -0.39 is 12.1 Å². The van der Waals surface area contributed by atoms with Crippen molar-refractivity contribution >= 4 is 17.3 Å². The van der Waals surface area contributed by atoms with Gasteiger partial charge in [-0.15, -0.1) is 13.2 Å². The van der Waals surface area contributed by atoms with Gasteiger partial charge in [-0.1, -0.05) is 6.07 Å². The molecule has 0 bridgehead atoms. The van der Waals surface area contributed by atoms with Crippen LogP contribution in [0, 0.1) is 11.3 Å². The molecule has 2 aromatic rings. The predicted molar refractivity (Wildman–Crippen MR) is 92.9 cm³/mol. The first kappa shape index (κ1) is 18.6. The lowest BCUT2D eigenvalue weighted by molar-refractivity contribution is -0.274. The van der Waals surface area contributed by atoms with Gasteiger partial charge >= 0.3 is 6.36 Å². The normalized spacial score (nSPS) is 17.4. The summed E-state index contributed by atoms with van der Waals surface area (Å²) in [6.45, 7) is 1.22. The van der Waals surface area contributed by atoms with Crippen molar-refractivity contribution in [3.05, 3.63) is 35.7 Å². The summed E-state index contributed by atoms with van der Waals surface area (Å²) in [6, 6.07) is 6.31. The average molecular weight is 378 g/mol. The number of piperidine rings is 1. The summed E-state index contributed by atoms with van der Waals surface area (Å²) in [5.41, 5.74) is 12.4. The average Bonchev–Trinajstić information content (AvgIpc) is 2.62. The number of anilines is 3. The summed E-state index contributed by atoms with van der Waals surface area (Å²) >= 11 is 0. The number of halogens is 3. The predicted octanol–water partition coefficient (Wildman–Crippen LogP) is 2.80. The minimum Gasteiger partial charge on any atom is -0.404 e. The van der Waals surface area contributed by atoms with Gasteiger partial charge in [0.15, 0.2) is 11.6 Å². The fourth-order valence-corrected chi connectivity index (χ4v) is 3.22. The Bertz CT molecular complexity index is 880. The fourth-order valence-electron chi connectivity index (χ4n) is 3.22. The van der Waals surface area contributed by atoms with Gasteiger partial charge in [-0.05, 0) is 30.5 Å². The number of nitriles is 1. The molecule has 0 radical (unpaired) electrons. The van der Waals surface area contributed by atoms with Gasteiger partial charge in [0.05, 0.1) is 5.69 Å². The number of ether oxygens (including phenoxy) is 1. The van der Waals surface area contributed by atoms with E-state index in [0.717, 1.165) is 18.4 Å². The zero-order valence-electron chi connectivity index (χ0n) is 14.2. The van der Waals surface area contributed by atoms with Crippen LogP contribution in [0.5, 0.6) is 5.75 Å². The van der Waals surface area contributed by atoms with Gasteiger partial charge in [0, 0.05) is 19.0 Å². The molecule has 7 nitrogen and oxygen atoms in total. The molecular formula is C17H17F3N6O. The first-order valence-corrected chi connectivity index (χ1v) is 8.19. The largest absolute Gasteiger partial charge is 0.573 e. The van der Waals surface area contributed by atoms with E-state index in [2.05, 4.69) is 14.7 Å². The Morgan fingerprint density at radius 3 is 2.70 bits per heavy atom. The number of alkyl halides is 3. The Labute approximate surface area is 153 Å². The van der Waals surface area contributed by atoms with Crippen molar-refractivity contribution in [3.63, 3.8) is 0 Å². The number of rotatable bonds is 3. The molecule has 2 heterocycles. The van der Waals surface area contributed by atoms with Crippen molar-refractivity contribution in [1.82, 2.24) is 9.97 Å². The smallest absolute Gasteiger partial charge is 0.404 e. The monoisotopic (exact) mass is 378 g/mol. The second-order valence-corrected chi connectivity index (χ2v) is 6.20. The van der Waals surface area contributed by atoms with Crippen molar-refractivity contribution in [2.75, 3.05) is 29.5 Å². The number of nitrogen functional groups attached to an aromatic ring is 2. The number of nitrogens with two attached hydrogens (primary N) is 2. The van der Waals surface area contributed by atoms with E-state index in [1.54, 1.807) is 6.07 Å². The SMILES string of the molecule is N#Cc1c(N)ncnc1N1CCC[C@H](c2ccc(OC(F)(F)F)c(N)c2)C1. The summed E-state index contributed by atoms with van der Waals surface area (Å²) in [7, 11) is 0. The third-order valence-corrected chi connectivity index (χ3v) is 4.42. The Balaban J connectivity index is 1.82. The van der Waals surface area contributed by atoms with Crippen LogP contribution >= 0.6 is 0 Å². The molecule has 142 valence electrons. The Hall–Kier alpha value is -3.22. The van der Waals surface area contributed by atoms with Gasteiger partial charge < -0.3 is 21.1 Å². The minimum absolute atomic E-state index is 0.0173. The molecule has 0 unspecified atom stereocenters. The Kier molecular flexibility index (Phi) is 4.94. The van der Waals surface area contributed by atoms with E-state index in [4.69, 9.17) is 11.5 Å². The zero-order valence-corrected chi connectivity index (χ0v) is 14.2. The van der Waals surface area contributed by atoms with Gasteiger partial charge in [-0.25, -0.2) is 9.97 Å². The van der Waals surface area contributed by atoms with Crippen LogP contribution < -0.4 is 21.1 Å². The van der Waals surface area contributed by atoms with Gasteiger partial charge in [-0.2, -0.15) is 5.26 Å². The Morgan fingerprint density at radius 1 is 1.26 bits per heavy atom. The molecule has 0 saturated carbocycles. The van der Waals surface area contributed by atoms with E-state index in [9.17, 15) is 18.4 Å². The molecule has 1 saturated heterocycles. The molecule has 0 amide bonds. The molecule has 1 aliphatic rings. The van der Waals surface area contributed by atoms with Gasteiger partial charge in [0.2, 0.25) is 0 Å². The molecule has 1 fully saturated rings. The summed E-state index contributed by atoms with van der Waals surface area (Å²) < 4.78 is 41.1. The highest BCUT2D eigenvalue weighted by Crippen LogP contribution is 2.35. The van der Waals surface area contributed by atoms with Gasteiger partial charge in [0.1, 0.15) is 23.8 Å². The molecular weight excluding hydrogens is 361 g/mol. The summed E-state index contributed by atoms with van der Waals surface area (Å²) in [6.07, 6.45) is -1.84. The van der Waals surface area contributed by atoms with E-state index in [1.165, 1.54) is 18.5 Å². The molecule has 1 aliphatic heterocycles. The number of hydrogen-bond donors (Lipinski definition) is 2. The quantitative estimate of drug-likeness (QED) is 0.789. The molecule has 1 aromatic carbocycles. The van der Waals surface area contributed by atoms with Crippen molar-refractivity contribution in [3.8, 4) is 11.8 Å². The third kappa shape index (κ3) is 4.13. The topological polar surface area (TPSA) is 114 Å². The van der Waals surface area contributed by atoms with Crippen LogP contribution in [0.4, 0.5) is 30.5 Å². The molecule has 3 rings (SSSR count). The second kappa shape index (κ2) is 7.19. The lowest BCUT2D eigenvalue weighted by atomic mass is 9.90. The van der Waals surface area contributed by atoms with E-state index in [0.29, 0.717) is 18.9 Å². The zero-order chi connectivity index (χ0) is 19.6. The molecule has 27 heavy (non-hydrogen) atoms. The molecule has 1 atom stereocenters. The second-order valence-electron chi connectivity index (χ2n) is 6.20. The van der Waals surface area contributed by atoms with Crippen molar-refractivity contribution < 1.29 is 17.9 Å². The number of nitrogens with zero attached hydrogens (tertiary/aromatic N) is 4. The summed E-state index contributed by atoms with van der Waals surface area (Å²) in [5.74, 6) is 0.167. The highest BCUT2D eigenvalue weighted by atomic mass is 19.4. The third-order valence-electron chi connectivity index (χ3n) is 4.42. The summed E-state index contributed by atoms with van der Waals surface area (Å²) in [4.78, 5) is 9.94. The molecule has 4 N–H and O–H groups in total. The maximum Gasteiger partial charge on any atom is 0.573 e. The Morgan fingerprint density at radius 2 is 2.04 bits per heavy atom. The van der Waals surface area contributed by atoms with Crippen molar-refractivity contribution in [2.24, 2.45) is 0 Å². The fraction of sp³-hybridized carbons (Fsp3) is 0.353. The van der Waals surface area contributed by atoms with Crippen LogP contribution in [0.15, 0.2) is 24.5 Å². The van der Waals surface area contributed by atoms with Crippen LogP contribution in [-0.4, -0.2) is 29.4 Å². The van der Waals surface area contributed by atoms with Crippen LogP contribution in [0.2, 0.25) is 0 Å². The first-order valence-electron chi connectivity index (χ1n) is 8.19. The van der Waals surface area contributed by atoms with Gasteiger partial charge in [-0.3, -0.25) is 0 Å². The highest BCUT2D eigenvalue weighted by Gasteiger charge is 2.32. The maximum absolute atomic E-state index is 12.4. The van der Waals surface area contributed by atoms with Crippen molar-refractivity contribution in [2.45, 2.75) is 25.1 Å². The molecule has 0 spiro atoms. The standard InChI is InChI=1S/C17H17F3N6O/c18-17(19,20)27-14-4-3-10(6-13(14)22)11-2-1-5-26(8-11)16-12(7-21)15(23)24-9-25-16/h3-4,6,9,11H,1-2,5,8,22H2,(H2,23,24,25)/t11-/m0/s1. The minimum atomic E-state index is -4.79. The maximum atomic E-state index is 12.4. The summed E-state index contributed by atoms with van der Waals surface area (Å²) in [5, 5.41) is 9.31. The highest BCUT2D eigenvalue weighted by molar-refractivity contribution is 5.63. The lowest BCUT2D eigenvalue weighted by Crippen LogP contribution is -2.35. The van der Waals surface area contributed by atoms with E-state index in [1.807, 2.05) is 11.0 Å². The number of benzene rings is 1. The number of hydrogen-bond acceptors (Lipinski definition) is 7. The molecule has 10 heteroatoms. The first-order chi connectivity index (χ1) is 12.8. The van der Waals surface area contributed by atoms with E-state index in [-0.39, 0.29) is 23.0 Å². The van der Waals surface area contributed by atoms with Crippen LogP contribution in [0.1, 0.15) is 29.9 Å². The van der Waals surface area contributed by atoms with Crippen molar-refractivity contribution in [1.29, 1.82) is 5.26 Å². The van der Waals surface area contributed by atoms with Crippen LogP contribution in [0.25, 0.3) is 0 Å². The van der Waals surface area contributed by atoms with E-state index >= 15 is 0 Å². The number of aromatic nitrogens is 2.